The van der Waals surface area contributed by atoms with Gasteiger partial charge in [0.1, 0.15) is 0 Å². The predicted molar refractivity (Wildman–Crippen MR) is 56.9 cm³/mol. The first-order valence-corrected chi connectivity index (χ1v) is 5.79. The van der Waals surface area contributed by atoms with Gasteiger partial charge in [0.2, 0.25) is 0 Å². The number of aromatic nitrogens is 2. The Bertz CT molecular complexity index is 465. The Morgan fingerprint density at radius 2 is 2.18 bits per heavy atom. The monoisotopic (exact) mass is 307 g/mol. The maximum absolute atomic E-state index is 11.6. The van der Waals surface area contributed by atoms with Crippen molar-refractivity contribution in [1.82, 2.24) is 9.55 Å². The van der Waals surface area contributed by atoms with Gasteiger partial charge in [0.25, 0.3) is 0 Å². The molecule has 0 amide bonds. The summed E-state index contributed by atoms with van der Waals surface area (Å²) in [6.07, 6.45) is -3.05. The summed E-state index contributed by atoms with van der Waals surface area (Å²) in [6.45, 7) is -0.434. The molecule has 2 rings (SSSR count). The molecule has 7 nitrogen and oxygen atoms in total. The summed E-state index contributed by atoms with van der Waals surface area (Å²) in [5.41, 5.74) is -0.601. The number of hydrogen-bond acceptors (Lipinski definition) is 6. The van der Waals surface area contributed by atoms with Crippen molar-refractivity contribution in [3.05, 3.63) is 22.7 Å². The molecule has 8 heteroatoms. The van der Waals surface area contributed by atoms with Crippen molar-refractivity contribution in [2.75, 3.05) is 6.61 Å². The average Bonchev–Trinajstić information content (AvgIpc) is 2.57. The van der Waals surface area contributed by atoms with E-state index in [2.05, 4.69) is 21.0 Å². The van der Waals surface area contributed by atoms with Gasteiger partial charge in [0, 0.05) is 0 Å². The van der Waals surface area contributed by atoms with E-state index in [9.17, 15) is 15.0 Å². The molecule has 93 valence electrons. The minimum atomic E-state index is -1.28. The third-order valence-corrected chi connectivity index (χ3v) is 3.07. The second kappa shape index (κ2) is 4.85. The normalized spacial score (nSPS) is 32.9. The van der Waals surface area contributed by atoms with E-state index in [-0.39, 0.29) is 0 Å². The molecule has 17 heavy (non-hydrogen) atoms. The van der Waals surface area contributed by atoms with Gasteiger partial charge in [-0.15, -0.1) is 0 Å². The molecule has 0 bridgehead atoms. The molecule has 1 aromatic rings. The van der Waals surface area contributed by atoms with E-state index >= 15 is 0 Å². The summed E-state index contributed by atoms with van der Waals surface area (Å²) in [5.74, 6) is 0. The molecule has 1 aromatic heterocycles. The van der Waals surface area contributed by atoms with Gasteiger partial charge in [0.15, 0.2) is 0 Å². The Morgan fingerprint density at radius 3 is 2.71 bits per heavy atom. The topological polar surface area (TPSA) is 105 Å². The maximum atomic E-state index is 11.6. The number of hydrogen-bond donors (Lipinski definition) is 3. The van der Waals surface area contributed by atoms with E-state index < -0.39 is 36.8 Å². The zero-order chi connectivity index (χ0) is 12.6. The van der Waals surface area contributed by atoms with Gasteiger partial charge in [-0.05, 0) is 0 Å². The van der Waals surface area contributed by atoms with E-state index in [0.29, 0.717) is 4.59 Å². The summed E-state index contributed by atoms with van der Waals surface area (Å²) in [6, 6.07) is 1.54. The molecule has 1 aliphatic heterocycles. The number of ether oxygens (including phenoxy) is 1. The Labute approximate surface area is 104 Å². The zero-order valence-corrected chi connectivity index (χ0v) is 10.3. The summed E-state index contributed by atoms with van der Waals surface area (Å²) < 4.78 is 6.71. The molecule has 1 saturated heterocycles. The second-order valence-corrected chi connectivity index (χ2v) is 4.56. The van der Waals surface area contributed by atoms with Crippen molar-refractivity contribution >= 4 is 20.6 Å². The predicted octanol–water partition coefficient (Wildman–Crippen LogP) is -3.35. The number of nitrogens with zero attached hydrogens (tertiary/aromatic N) is 2. The minimum absolute atomic E-state index is 0.429. The van der Waals surface area contributed by atoms with Crippen molar-refractivity contribution < 1.29 is 20.1 Å². The fourth-order valence-corrected chi connectivity index (χ4v) is 1.99. The van der Waals surface area contributed by atoms with Crippen LogP contribution in [0.15, 0.2) is 17.1 Å². The van der Waals surface area contributed by atoms with Crippen LogP contribution in [0.25, 0.3) is 0 Å². The van der Waals surface area contributed by atoms with Gasteiger partial charge in [-0.2, -0.15) is 0 Å². The van der Waals surface area contributed by atoms with Crippen LogP contribution in [0.3, 0.4) is 0 Å². The van der Waals surface area contributed by atoms with Crippen LogP contribution in [0.5, 0.6) is 0 Å². The van der Waals surface area contributed by atoms with Gasteiger partial charge in [0.05, 0.1) is 0 Å². The van der Waals surface area contributed by atoms with E-state index in [1.165, 1.54) is 12.3 Å². The van der Waals surface area contributed by atoms with Gasteiger partial charge in [-0.25, -0.2) is 0 Å². The van der Waals surface area contributed by atoms with Gasteiger partial charge >= 0.3 is 104 Å². The van der Waals surface area contributed by atoms with Crippen LogP contribution in [0, 0.1) is 0 Å². The Morgan fingerprint density at radius 1 is 1.47 bits per heavy atom. The first kappa shape index (κ1) is 12.7. The molecule has 0 aromatic carbocycles. The number of aliphatic hydroxyl groups is 3. The average molecular weight is 306 g/mol. The summed E-state index contributed by atoms with van der Waals surface area (Å²) in [5, 5.41) is 28.2. The Balaban J connectivity index is 2.32. The zero-order valence-electron chi connectivity index (χ0n) is 8.63. The molecule has 0 saturated carbocycles. The molecule has 3 N–H and O–H groups in total. The van der Waals surface area contributed by atoms with E-state index in [4.69, 9.17) is 9.84 Å². The summed E-state index contributed by atoms with van der Waals surface area (Å²) in [7, 11) is 0. The first-order chi connectivity index (χ1) is 8.04. The SMILES string of the molecule is O=c1nc([Se])ccn1[C@H]1O[C@H](CO)[C@@H](O)[C@@H]1O. The fraction of sp³-hybridized carbons (Fsp3) is 0.556. The number of aliphatic hydroxyl groups excluding tert-OH is 3. The van der Waals surface area contributed by atoms with Crippen LogP contribution in [0.2, 0.25) is 0 Å². The molecule has 1 aliphatic rings. The van der Waals surface area contributed by atoms with Gasteiger partial charge in [-0.3, -0.25) is 0 Å². The van der Waals surface area contributed by atoms with E-state index in [0.717, 1.165) is 4.57 Å². The quantitative estimate of drug-likeness (QED) is 0.493. The van der Waals surface area contributed by atoms with Crippen molar-refractivity contribution in [1.29, 1.82) is 0 Å². The van der Waals surface area contributed by atoms with Crippen molar-refractivity contribution in [3.8, 4) is 0 Å². The summed E-state index contributed by atoms with van der Waals surface area (Å²) in [4.78, 5) is 15.2. The van der Waals surface area contributed by atoms with Gasteiger partial charge in [-0.1, -0.05) is 0 Å². The van der Waals surface area contributed by atoms with Crippen LogP contribution in [0.4, 0.5) is 0 Å². The molecule has 0 unspecified atom stereocenters. The van der Waals surface area contributed by atoms with Crippen LogP contribution < -0.4 is 10.3 Å². The van der Waals surface area contributed by atoms with Crippen molar-refractivity contribution in [3.63, 3.8) is 0 Å². The van der Waals surface area contributed by atoms with Crippen molar-refractivity contribution in [2.24, 2.45) is 0 Å². The molecule has 1 fully saturated rings. The van der Waals surface area contributed by atoms with E-state index in [1.54, 1.807) is 0 Å². The van der Waals surface area contributed by atoms with Crippen LogP contribution in [0.1, 0.15) is 6.23 Å². The second-order valence-electron chi connectivity index (χ2n) is 3.68. The fourth-order valence-electron chi connectivity index (χ4n) is 1.70. The van der Waals surface area contributed by atoms with E-state index in [1.807, 2.05) is 0 Å². The molecule has 4 atom stereocenters. The van der Waals surface area contributed by atoms with Crippen LogP contribution >= 0.6 is 0 Å². The third-order valence-electron chi connectivity index (χ3n) is 2.60. The summed E-state index contributed by atoms with van der Waals surface area (Å²) >= 11 is 2.58. The Kier molecular flexibility index (Phi) is 3.62. The number of rotatable bonds is 2. The molecule has 1 radical (unpaired) electrons. The van der Waals surface area contributed by atoms with Gasteiger partial charge < -0.3 is 0 Å². The third kappa shape index (κ3) is 2.28. The van der Waals surface area contributed by atoms with Crippen LogP contribution in [-0.4, -0.2) is 65.8 Å². The molecular formula is C9H11N2O5Se. The molecule has 0 aliphatic carbocycles. The van der Waals surface area contributed by atoms with Crippen LogP contribution in [-0.2, 0) is 4.74 Å². The standard InChI is InChI=1S/C9H11N2O5Se/c12-3-4-6(13)7(14)8(16-4)11-2-1-5(17)10-9(11)15/h1-2,4,6-8,12-14H,3H2/t4-,6-,7+,8+/m1/s1. The Hall–Kier alpha value is -0.761. The molecular weight excluding hydrogens is 295 g/mol. The molecule has 0 spiro atoms. The molecule has 2 heterocycles. The van der Waals surface area contributed by atoms with Crippen molar-refractivity contribution in [2.45, 2.75) is 24.5 Å². The first-order valence-electron chi connectivity index (χ1n) is 4.93.